The first-order valence-electron chi connectivity index (χ1n) is 11.7. The maximum Gasteiger partial charge on any atom is 0.340 e. The van der Waals surface area contributed by atoms with Crippen LogP contribution in [0.3, 0.4) is 0 Å². The summed E-state index contributed by atoms with van der Waals surface area (Å²) in [5, 5.41) is 23.2. The number of methoxy groups -OCH3 is 1. The van der Waals surface area contributed by atoms with E-state index >= 15 is 0 Å². The van der Waals surface area contributed by atoms with Crippen LogP contribution in [-0.2, 0) is 33.4 Å². The summed E-state index contributed by atoms with van der Waals surface area (Å²) in [6, 6.07) is 0. The first-order chi connectivity index (χ1) is 16.5. The second kappa shape index (κ2) is 8.91. The molecule has 0 aromatic heterocycles. The predicted octanol–water partition coefficient (Wildman–Crippen LogP) is 1.04. The fourth-order valence-corrected chi connectivity index (χ4v) is 6.33. The van der Waals surface area contributed by atoms with Gasteiger partial charge in [0.05, 0.1) is 24.2 Å². The maximum absolute atomic E-state index is 13.7. The predicted molar refractivity (Wildman–Crippen MR) is 121 cm³/mol. The van der Waals surface area contributed by atoms with E-state index in [4.69, 9.17) is 19.3 Å². The Bertz CT molecular complexity index is 1090. The van der Waals surface area contributed by atoms with Crippen LogP contribution in [0.2, 0.25) is 0 Å². The van der Waals surface area contributed by atoms with Crippen LogP contribution >= 0.6 is 0 Å². The van der Waals surface area contributed by atoms with E-state index in [1.54, 1.807) is 13.8 Å². The molecule has 35 heavy (non-hydrogen) atoms. The zero-order valence-corrected chi connectivity index (χ0v) is 20.3. The molecular formula is C25H31NO9. The number of ether oxygens (including phenoxy) is 3. The number of ketones is 2. The standard InChI is InChI=1S/C25H31NO9/c1-12(28)34-15-9-24(2)14(5-6-16(24)29)18-20(15)25(3)17(11-33-4)35-23(32)13(10-26-7-8-27)19(25)22(31)21(18)30/h10,14-15,17,26-27,31H,5-9,11H2,1-4H3. The Balaban J connectivity index is 2.00. The van der Waals surface area contributed by atoms with Crippen LogP contribution in [0.15, 0.2) is 34.3 Å². The summed E-state index contributed by atoms with van der Waals surface area (Å²) < 4.78 is 16.8. The molecule has 5 atom stereocenters. The molecule has 10 nitrogen and oxygen atoms in total. The number of nitrogens with one attached hydrogen (secondary N) is 1. The molecule has 3 aliphatic carbocycles. The molecule has 1 saturated carbocycles. The summed E-state index contributed by atoms with van der Waals surface area (Å²) in [4.78, 5) is 51.8. The number of carbonyl (C=O) groups excluding carboxylic acids is 4. The quantitative estimate of drug-likeness (QED) is 0.281. The number of aliphatic hydroxyl groups is 2. The summed E-state index contributed by atoms with van der Waals surface area (Å²) in [5.74, 6) is -3.13. The van der Waals surface area contributed by atoms with Crippen LogP contribution in [0, 0.1) is 16.7 Å². The zero-order valence-electron chi connectivity index (χ0n) is 20.3. The minimum Gasteiger partial charge on any atom is -0.504 e. The first kappa shape index (κ1) is 25.1. The molecular weight excluding hydrogens is 458 g/mol. The van der Waals surface area contributed by atoms with Crippen molar-refractivity contribution < 1.29 is 43.6 Å². The van der Waals surface area contributed by atoms with E-state index in [1.165, 1.54) is 20.2 Å². The van der Waals surface area contributed by atoms with Crippen molar-refractivity contribution in [3.8, 4) is 0 Å². The molecule has 10 heteroatoms. The molecule has 0 amide bonds. The number of hydrogen-bond acceptors (Lipinski definition) is 10. The molecule has 3 N–H and O–H groups in total. The highest BCUT2D eigenvalue weighted by Crippen LogP contribution is 2.62. The van der Waals surface area contributed by atoms with E-state index in [9.17, 15) is 24.3 Å². The molecule has 0 bridgehead atoms. The summed E-state index contributed by atoms with van der Waals surface area (Å²) in [5.41, 5.74) is -1.53. The summed E-state index contributed by atoms with van der Waals surface area (Å²) in [7, 11) is 1.44. The van der Waals surface area contributed by atoms with Gasteiger partial charge >= 0.3 is 11.9 Å². The smallest absolute Gasteiger partial charge is 0.340 e. The van der Waals surface area contributed by atoms with Gasteiger partial charge in [-0.05, 0) is 18.9 Å². The van der Waals surface area contributed by atoms with Crippen LogP contribution in [-0.4, -0.2) is 72.8 Å². The van der Waals surface area contributed by atoms with Gasteiger partial charge in [-0.1, -0.05) is 6.92 Å². The van der Waals surface area contributed by atoms with Gasteiger partial charge < -0.3 is 29.7 Å². The Morgan fingerprint density at radius 1 is 1.29 bits per heavy atom. The highest BCUT2D eigenvalue weighted by molar-refractivity contribution is 6.14. The summed E-state index contributed by atoms with van der Waals surface area (Å²) in [6.07, 6.45) is 0.313. The van der Waals surface area contributed by atoms with Gasteiger partial charge in [0.2, 0.25) is 5.78 Å². The largest absolute Gasteiger partial charge is 0.504 e. The van der Waals surface area contributed by atoms with Crippen molar-refractivity contribution in [3.63, 3.8) is 0 Å². The Hall–Kier alpha value is -2.98. The van der Waals surface area contributed by atoms with E-state index in [-0.39, 0.29) is 55.1 Å². The van der Waals surface area contributed by atoms with Crippen molar-refractivity contribution in [3.05, 3.63) is 34.3 Å². The Labute approximate surface area is 203 Å². The van der Waals surface area contributed by atoms with Gasteiger partial charge in [-0.15, -0.1) is 0 Å². The fraction of sp³-hybridized carbons (Fsp3) is 0.600. The van der Waals surface area contributed by atoms with Gasteiger partial charge in [-0.25, -0.2) is 4.79 Å². The number of aliphatic hydroxyl groups excluding tert-OH is 2. The molecule has 2 fully saturated rings. The average Bonchev–Trinajstić information content (AvgIpc) is 3.08. The lowest BCUT2D eigenvalue weighted by atomic mass is 9.53. The third kappa shape index (κ3) is 3.61. The maximum atomic E-state index is 13.7. The molecule has 0 spiro atoms. The molecule has 1 heterocycles. The summed E-state index contributed by atoms with van der Waals surface area (Å²) >= 11 is 0. The van der Waals surface area contributed by atoms with E-state index in [1.807, 2.05) is 0 Å². The Morgan fingerprint density at radius 3 is 2.63 bits per heavy atom. The molecule has 190 valence electrons. The van der Waals surface area contributed by atoms with Gasteiger partial charge in [0.1, 0.15) is 18.0 Å². The lowest BCUT2D eigenvalue weighted by Crippen LogP contribution is -2.57. The number of Topliss-reactive ketones (excluding diaryl/α,β-unsaturated/α-hetero) is 2. The third-order valence-corrected chi connectivity index (χ3v) is 7.92. The van der Waals surface area contributed by atoms with Crippen LogP contribution in [0.25, 0.3) is 0 Å². The second-order valence-electron chi connectivity index (χ2n) is 9.90. The lowest BCUT2D eigenvalue weighted by molar-refractivity contribution is -0.160. The molecule has 1 aliphatic heterocycles. The normalized spacial score (nSPS) is 35.5. The molecule has 1 saturated heterocycles. The van der Waals surface area contributed by atoms with Gasteiger partial charge in [0, 0.05) is 62.1 Å². The number of carbonyl (C=O) groups is 4. The second-order valence-corrected chi connectivity index (χ2v) is 9.90. The third-order valence-electron chi connectivity index (χ3n) is 7.92. The van der Waals surface area contributed by atoms with Crippen LogP contribution < -0.4 is 5.32 Å². The summed E-state index contributed by atoms with van der Waals surface area (Å²) in [6.45, 7) is 4.64. The van der Waals surface area contributed by atoms with Crippen molar-refractivity contribution in [1.29, 1.82) is 0 Å². The van der Waals surface area contributed by atoms with Crippen LogP contribution in [0.5, 0.6) is 0 Å². The van der Waals surface area contributed by atoms with Crippen molar-refractivity contribution in [2.45, 2.75) is 52.2 Å². The van der Waals surface area contributed by atoms with Crippen LogP contribution in [0.4, 0.5) is 0 Å². The average molecular weight is 490 g/mol. The molecule has 0 aromatic rings. The number of esters is 2. The molecule has 4 rings (SSSR count). The SMILES string of the molecule is COCC1OC(=O)C(=CNCCO)C2=C(O)C(=O)C3=C(C(OC(C)=O)CC4(C)C(=O)CCC34)C21C. The first-order valence-corrected chi connectivity index (χ1v) is 11.7. The van der Waals surface area contributed by atoms with Gasteiger partial charge in [-0.3, -0.25) is 14.4 Å². The van der Waals surface area contributed by atoms with E-state index in [0.29, 0.717) is 12.0 Å². The van der Waals surface area contributed by atoms with Gasteiger partial charge in [-0.2, -0.15) is 0 Å². The Kier molecular flexibility index (Phi) is 6.39. The van der Waals surface area contributed by atoms with E-state index in [0.717, 1.165) is 0 Å². The molecule has 5 unspecified atom stereocenters. The number of allylic oxidation sites excluding steroid dienone is 1. The van der Waals surface area contributed by atoms with Crippen molar-refractivity contribution >= 4 is 23.5 Å². The monoisotopic (exact) mass is 489 g/mol. The van der Waals surface area contributed by atoms with Gasteiger partial charge in [0.15, 0.2) is 5.76 Å². The number of fused-ring (bicyclic) bond motifs is 4. The highest BCUT2D eigenvalue weighted by atomic mass is 16.6. The van der Waals surface area contributed by atoms with E-state index in [2.05, 4.69) is 5.32 Å². The minimum absolute atomic E-state index is 0.0178. The molecule has 4 aliphatic rings. The lowest BCUT2D eigenvalue weighted by Gasteiger charge is -2.53. The number of cyclic esters (lactones) is 1. The van der Waals surface area contributed by atoms with Crippen LogP contribution in [0.1, 0.15) is 40.0 Å². The minimum atomic E-state index is -1.28. The molecule has 0 radical (unpaired) electrons. The molecule has 0 aromatic carbocycles. The highest BCUT2D eigenvalue weighted by Gasteiger charge is 2.64. The number of rotatable bonds is 6. The van der Waals surface area contributed by atoms with Crippen molar-refractivity contribution in [2.24, 2.45) is 16.7 Å². The number of hydrogen-bond donors (Lipinski definition) is 3. The van der Waals surface area contributed by atoms with Crippen molar-refractivity contribution in [2.75, 3.05) is 26.9 Å². The van der Waals surface area contributed by atoms with Gasteiger partial charge in [0.25, 0.3) is 0 Å². The Morgan fingerprint density at radius 2 is 2.00 bits per heavy atom. The van der Waals surface area contributed by atoms with E-state index < -0.39 is 52.4 Å². The fourth-order valence-electron chi connectivity index (χ4n) is 6.33. The zero-order chi connectivity index (χ0) is 25.7. The topological polar surface area (TPSA) is 148 Å². The van der Waals surface area contributed by atoms with Crippen molar-refractivity contribution in [1.82, 2.24) is 5.32 Å².